The van der Waals surface area contributed by atoms with Crippen LogP contribution >= 0.6 is 15.9 Å². The zero-order chi connectivity index (χ0) is 10.7. The molecule has 0 aliphatic carbocycles. The van der Waals surface area contributed by atoms with E-state index in [0.717, 1.165) is 10.0 Å². The van der Waals surface area contributed by atoms with Gasteiger partial charge in [-0.25, -0.2) is 0 Å². The summed E-state index contributed by atoms with van der Waals surface area (Å²) in [5.41, 5.74) is 1.07. The molecule has 0 fully saturated rings. The fourth-order valence-electron chi connectivity index (χ4n) is 1.08. The molecule has 0 aliphatic heterocycles. The van der Waals surface area contributed by atoms with Crippen molar-refractivity contribution in [3.63, 3.8) is 0 Å². The molecule has 0 amide bonds. The van der Waals surface area contributed by atoms with Crippen molar-refractivity contribution in [3.8, 4) is 5.75 Å². The van der Waals surface area contributed by atoms with Crippen LogP contribution in [-0.2, 0) is 4.79 Å². The van der Waals surface area contributed by atoms with Crippen LogP contribution in [0.4, 0.5) is 0 Å². The third-order valence-electron chi connectivity index (χ3n) is 1.71. The molecule has 0 aliphatic rings. The number of ether oxygens (including phenoxy) is 1. The van der Waals surface area contributed by atoms with Gasteiger partial charge in [-0.05, 0) is 29.7 Å². The van der Waals surface area contributed by atoms with E-state index in [2.05, 4.69) is 15.9 Å². The molecule has 14 heavy (non-hydrogen) atoms. The van der Waals surface area contributed by atoms with Gasteiger partial charge in [0.05, 0.1) is 0 Å². The molecule has 1 rings (SSSR count). The van der Waals surface area contributed by atoms with Crippen LogP contribution in [0.25, 0.3) is 0 Å². The first-order valence-corrected chi connectivity index (χ1v) is 5.08. The Bertz CT molecular complexity index is 345. The zero-order valence-electron chi connectivity index (χ0n) is 8.43. The predicted molar refractivity (Wildman–Crippen MR) is 59.1 cm³/mol. The van der Waals surface area contributed by atoms with Crippen LogP contribution in [0.3, 0.4) is 0 Å². The molecule has 0 bridgehead atoms. The van der Waals surface area contributed by atoms with Crippen LogP contribution < -0.4 is 4.74 Å². The van der Waals surface area contributed by atoms with Crippen molar-refractivity contribution in [1.82, 2.24) is 0 Å². The molecule has 0 aromatic heterocycles. The van der Waals surface area contributed by atoms with Crippen LogP contribution in [0, 0.1) is 5.92 Å². The molecule has 1 aromatic rings. The number of carbonyl (C=O) groups excluding carboxylic acids is 1. The highest BCUT2D eigenvalue weighted by Crippen LogP contribution is 2.25. The highest BCUT2D eigenvalue weighted by molar-refractivity contribution is 9.10. The summed E-state index contributed by atoms with van der Waals surface area (Å²) in [6.45, 7) is 5.42. The molecule has 0 unspecified atom stereocenters. The standard InChI is InChI=1S/C11H12BrO2/c1-7(2)9-4-10(12)6-11(5-9)14-8(3)13/h4-6H,1-3H3. The molecule has 1 aromatic carbocycles. The first-order chi connectivity index (χ1) is 6.49. The Morgan fingerprint density at radius 3 is 2.36 bits per heavy atom. The summed E-state index contributed by atoms with van der Waals surface area (Å²) in [6.07, 6.45) is 0. The van der Waals surface area contributed by atoms with Gasteiger partial charge in [0, 0.05) is 11.4 Å². The van der Waals surface area contributed by atoms with Crippen molar-refractivity contribution in [2.45, 2.75) is 20.8 Å². The Morgan fingerprint density at radius 1 is 1.21 bits per heavy atom. The summed E-state index contributed by atoms with van der Waals surface area (Å²) >= 11 is 3.37. The van der Waals surface area contributed by atoms with E-state index >= 15 is 0 Å². The second-order valence-corrected chi connectivity index (χ2v) is 4.18. The molecule has 0 atom stereocenters. The maximum atomic E-state index is 10.8. The third kappa shape index (κ3) is 3.14. The number of hydrogen-bond acceptors (Lipinski definition) is 2. The van der Waals surface area contributed by atoms with Gasteiger partial charge < -0.3 is 4.74 Å². The molecule has 3 heteroatoms. The molecule has 0 N–H and O–H groups in total. The lowest BCUT2D eigenvalue weighted by atomic mass is 10.0. The summed E-state index contributed by atoms with van der Waals surface area (Å²) in [5, 5.41) is 0. The lowest BCUT2D eigenvalue weighted by molar-refractivity contribution is -0.131. The summed E-state index contributed by atoms with van der Waals surface area (Å²) in [5.74, 6) is 1.45. The maximum absolute atomic E-state index is 10.8. The molecule has 0 saturated carbocycles. The third-order valence-corrected chi connectivity index (χ3v) is 2.17. The Hall–Kier alpha value is -0.830. The van der Waals surface area contributed by atoms with Crippen molar-refractivity contribution in [3.05, 3.63) is 34.2 Å². The minimum atomic E-state index is -0.303. The minimum Gasteiger partial charge on any atom is -0.427 e. The van der Waals surface area contributed by atoms with Gasteiger partial charge in [0.2, 0.25) is 0 Å². The summed E-state index contributed by atoms with van der Waals surface area (Å²) in [4.78, 5) is 10.8. The van der Waals surface area contributed by atoms with E-state index in [1.807, 2.05) is 26.0 Å². The normalized spacial score (nSPS) is 10.4. The molecule has 1 radical (unpaired) electrons. The van der Waals surface area contributed by atoms with Gasteiger partial charge >= 0.3 is 5.97 Å². The highest BCUT2D eigenvalue weighted by atomic mass is 79.9. The topological polar surface area (TPSA) is 26.3 Å². The number of carbonyl (C=O) groups is 1. The predicted octanol–water partition coefficient (Wildman–Crippen LogP) is 3.34. The van der Waals surface area contributed by atoms with E-state index < -0.39 is 0 Å². The number of hydrogen-bond donors (Lipinski definition) is 0. The van der Waals surface area contributed by atoms with Crippen molar-refractivity contribution in [2.75, 3.05) is 0 Å². The van der Waals surface area contributed by atoms with Crippen LogP contribution in [0.15, 0.2) is 22.7 Å². The Morgan fingerprint density at radius 2 is 1.86 bits per heavy atom. The molecule has 75 valence electrons. The Kier molecular flexibility index (Phi) is 3.69. The van der Waals surface area contributed by atoms with Crippen molar-refractivity contribution in [1.29, 1.82) is 0 Å². The summed E-state index contributed by atoms with van der Waals surface area (Å²) in [6, 6.07) is 5.61. The molecular formula is C11H12BrO2. The smallest absolute Gasteiger partial charge is 0.308 e. The number of benzene rings is 1. The first kappa shape index (κ1) is 11.2. The highest BCUT2D eigenvalue weighted by Gasteiger charge is 2.05. The molecule has 0 heterocycles. The van der Waals surface area contributed by atoms with Crippen LogP contribution in [0.5, 0.6) is 5.75 Å². The maximum Gasteiger partial charge on any atom is 0.308 e. The van der Waals surface area contributed by atoms with E-state index in [9.17, 15) is 4.79 Å². The van der Waals surface area contributed by atoms with Crippen LogP contribution in [0.1, 0.15) is 26.3 Å². The fraction of sp³-hybridized carbons (Fsp3) is 0.273. The first-order valence-electron chi connectivity index (χ1n) is 4.28. The minimum absolute atomic E-state index is 0.303. The monoisotopic (exact) mass is 255 g/mol. The summed E-state index contributed by atoms with van der Waals surface area (Å²) in [7, 11) is 0. The Labute approximate surface area is 92.4 Å². The van der Waals surface area contributed by atoms with Gasteiger partial charge in [0.1, 0.15) is 5.75 Å². The number of halogens is 1. The van der Waals surface area contributed by atoms with Crippen molar-refractivity contribution in [2.24, 2.45) is 0 Å². The summed E-state index contributed by atoms with van der Waals surface area (Å²) < 4.78 is 5.91. The lowest BCUT2D eigenvalue weighted by Crippen LogP contribution is -2.02. The van der Waals surface area contributed by atoms with E-state index in [1.165, 1.54) is 12.8 Å². The lowest BCUT2D eigenvalue weighted by Gasteiger charge is -2.08. The van der Waals surface area contributed by atoms with Gasteiger partial charge in [-0.15, -0.1) is 0 Å². The van der Waals surface area contributed by atoms with Gasteiger partial charge in [0.15, 0.2) is 0 Å². The molecule has 0 saturated heterocycles. The van der Waals surface area contributed by atoms with Gasteiger partial charge in [-0.1, -0.05) is 29.8 Å². The van der Waals surface area contributed by atoms with E-state index in [-0.39, 0.29) is 5.97 Å². The van der Waals surface area contributed by atoms with E-state index in [1.54, 1.807) is 6.07 Å². The van der Waals surface area contributed by atoms with E-state index in [4.69, 9.17) is 4.74 Å². The average Bonchev–Trinajstić information content (AvgIpc) is 2.01. The largest absolute Gasteiger partial charge is 0.427 e. The average molecular weight is 256 g/mol. The Balaban J connectivity index is 3.01. The van der Waals surface area contributed by atoms with Crippen molar-refractivity contribution >= 4 is 21.9 Å². The van der Waals surface area contributed by atoms with Crippen LogP contribution in [-0.4, -0.2) is 5.97 Å². The quantitative estimate of drug-likeness (QED) is 0.599. The van der Waals surface area contributed by atoms with Gasteiger partial charge in [0.25, 0.3) is 0 Å². The SMILES string of the molecule is C[C](C)c1cc(Br)cc(OC(C)=O)c1. The second-order valence-electron chi connectivity index (χ2n) is 3.27. The molecule has 2 nitrogen and oxygen atoms in total. The van der Waals surface area contributed by atoms with E-state index in [0.29, 0.717) is 5.75 Å². The van der Waals surface area contributed by atoms with Crippen LogP contribution in [0.2, 0.25) is 0 Å². The van der Waals surface area contributed by atoms with Gasteiger partial charge in [-0.2, -0.15) is 0 Å². The fourth-order valence-corrected chi connectivity index (χ4v) is 1.55. The van der Waals surface area contributed by atoms with Gasteiger partial charge in [-0.3, -0.25) is 4.79 Å². The number of rotatable bonds is 2. The molecular weight excluding hydrogens is 244 g/mol. The number of esters is 1. The molecule has 0 spiro atoms. The van der Waals surface area contributed by atoms with Crippen molar-refractivity contribution < 1.29 is 9.53 Å². The second kappa shape index (κ2) is 4.60. The zero-order valence-corrected chi connectivity index (χ0v) is 10.0.